The Morgan fingerprint density at radius 1 is 1.12 bits per heavy atom. The van der Waals surface area contributed by atoms with E-state index in [0.29, 0.717) is 29.2 Å². The second-order valence-corrected chi connectivity index (χ2v) is 8.35. The Hall–Kier alpha value is -3.16. The van der Waals surface area contributed by atoms with E-state index >= 15 is 0 Å². The number of nitrogens with one attached hydrogen (secondary N) is 1. The number of aromatic nitrogens is 2. The number of hydrogen-bond donors (Lipinski definition) is 1. The van der Waals surface area contributed by atoms with Crippen LogP contribution in [0.4, 0.5) is 17.6 Å². The molecule has 1 aromatic heterocycles. The number of hydrogen-bond acceptors (Lipinski definition) is 2. The predicted octanol–water partition coefficient (Wildman–Crippen LogP) is 5.04. The van der Waals surface area contributed by atoms with Crippen LogP contribution in [-0.4, -0.2) is 22.2 Å². The summed E-state index contributed by atoms with van der Waals surface area (Å²) in [4.78, 5) is 12.7. The number of halogens is 4. The SMILES string of the molecule is Cc1nn(-c2cccc(C(F)(F)F)c2)c(C)c1CC(=O)NCC1(c2ccc(F)cc2)CC1. The first kappa shape index (κ1) is 22.0. The van der Waals surface area contributed by atoms with E-state index in [9.17, 15) is 22.4 Å². The van der Waals surface area contributed by atoms with Crippen molar-refractivity contribution in [3.8, 4) is 5.69 Å². The molecular weight excluding hydrogens is 422 g/mol. The van der Waals surface area contributed by atoms with Gasteiger partial charge in [-0.2, -0.15) is 18.3 Å². The first-order valence-corrected chi connectivity index (χ1v) is 10.3. The molecule has 32 heavy (non-hydrogen) atoms. The molecule has 1 saturated carbocycles. The van der Waals surface area contributed by atoms with E-state index in [4.69, 9.17) is 0 Å². The summed E-state index contributed by atoms with van der Waals surface area (Å²) in [5, 5.41) is 7.33. The molecule has 1 aliphatic carbocycles. The summed E-state index contributed by atoms with van der Waals surface area (Å²) in [6, 6.07) is 11.3. The molecule has 0 radical (unpaired) electrons. The lowest BCUT2D eigenvalue weighted by molar-refractivity contribution is -0.137. The first-order valence-electron chi connectivity index (χ1n) is 10.3. The van der Waals surface area contributed by atoms with Gasteiger partial charge in [0, 0.05) is 23.2 Å². The topological polar surface area (TPSA) is 46.9 Å². The van der Waals surface area contributed by atoms with Crippen molar-refractivity contribution in [3.05, 3.63) is 82.4 Å². The van der Waals surface area contributed by atoms with Crippen LogP contribution in [0.2, 0.25) is 0 Å². The second-order valence-electron chi connectivity index (χ2n) is 8.35. The highest BCUT2D eigenvalue weighted by molar-refractivity contribution is 5.79. The monoisotopic (exact) mass is 445 g/mol. The molecule has 0 aliphatic heterocycles. The molecular formula is C24H23F4N3O. The molecule has 0 bridgehead atoms. The number of carbonyl (C=O) groups is 1. The minimum Gasteiger partial charge on any atom is -0.355 e. The molecule has 0 atom stereocenters. The van der Waals surface area contributed by atoms with E-state index in [1.165, 1.54) is 22.9 Å². The minimum atomic E-state index is -4.45. The molecule has 1 N–H and O–H groups in total. The fourth-order valence-electron chi connectivity index (χ4n) is 4.01. The van der Waals surface area contributed by atoms with Crippen molar-refractivity contribution in [3.63, 3.8) is 0 Å². The van der Waals surface area contributed by atoms with Gasteiger partial charge in [0.2, 0.25) is 5.91 Å². The molecule has 1 heterocycles. The van der Waals surface area contributed by atoms with Crippen molar-refractivity contribution in [1.29, 1.82) is 0 Å². The zero-order chi connectivity index (χ0) is 23.1. The van der Waals surface area contributed by atoms with Crippen LogP contribution in [0.15, 0.2) is 48.5 Å². The standard InChI is InChI=1S/C24H23F4N3O/c1-15-21(16(2)31(30-15)20-5-3-4-18(12-20)24(26,27)28)13-22(32)29-14-23(10-11-23)17-6-8-19(25)9-7-17/h3-9,12H,10-11,13-14H2,1-2H3,(H,29,32). The third kappa shape index (κ3) is 4.40. The van der Waals surface area contributed by atoms with Gasteiger partial charge in [0.1, 0.15) is 5.82 Å². The van der Waals surface area contributed by atoms with Gasteiger partial charge in [-0.1, -0.05) is 18.2 Å². The van der Waals surface area contributed by atoms with Crippen molar-refractivity contribution in [1.82, 2.24) is 15.1 Å². The molecule has 1 aliphatic rings. The number of carbonyl (C=O) groups excluding carboxylic acids is 1. The van der Waals surface area contributed by atoms with E-state index in [-0.39, 0.29) is 23.6 Å². The molecule has 0 unspecified atom stereocenters. The number of benzene rings is 2. The van der Waals surface area contributed by atoms with Gasteiger partial charge < -0.3 is 5.32 Å². The normalized spacial score (nSPS) is 14.9. The van der Waals surface area contributed by atoms with Gasteiger partial charge in [0.15, 0.2) is 0 Å². The third-order valence-electron chi connectivity index (χ3n) is 6.13. The van der Waals surface area contributed by atoms with Gasteiger partial charge in [-0.25, -0.2) is 9.07 Å². The molecule has 3 aromatic rings. The van der Waals surface area contributed by atoms with E-state index in [2.05, 4.69) is 10.4 Å². The van der Waals surface area contributed by atoms with Crippen LogP contribution in [0.5, 0.6) is 0 Å². The maximum atomic E-state index is 13.2. The molecule has 4 nitrogen and oxygen atoms in total. The molecule has 4 rings (SSSR count). The number of alkyl halides is 3. The van der Waals surface area contributed by atoms with E-state index in [1.54, 1.807) is 32.0 Å². The van der Waals surface area contributed by atoms with Crippen LogP contribution in [0.3, 0.4) is 0 Å². The van der Waals surface area contributed by atoms with Crippen LogP contribution < -0.4 is 5.32 Å². The maximum Gasteiger partial charge on any atom is 0.416 e. The summed E-state index contributed by atoms with van der Waals surface area (Å²) in [7, 11) is 0. The fourth-order valence-corrected chi connectivity index (χ4v) is 4.01. The quantitative estimate of drug-likeness (QED) is 0.541. The summed E-state index contributed by atoms with van der Waals surface area (Å²) in [6.45, 7) is 3.93. The van der Waals surface area contributed by atoms with Crippen LogP contribution in [0.25, 0.3) is 5.69 Å². The lowest BCUT2D eigenvalue weighted by atomic mass is 9.96. The van der Waals surface area contributed by atoms with Crippen molar-refractivity contribution < 1.29 is 22.4 Å². The summed E-state index contributed by atoms with van der Waals surface area (Å²) in [6.07, 6.45) is -2.52. The Morgan fingerprint density at radius 2 is 1.81 bits per heavy atom. The predicted molar refractivity (Wildman–Crippen MR) is 112 cm³/mol. The molecule has 8 heteroatoms. The minimum absolute atomic E-state index is 0.0795. The molecule has 0 spiro atoms. The average Bonchev–Trinajstić information content (AvgIpc) is 3.49. The number of aryl methyl sites for hydroxylation is 1. The van der Waals surface area contributed by atoms with Gasteiger partial charge in [0.25, 0.3) is 0 Å². The highest BCUT2D eigenvalue weighted by atomic mass is 19.4. The van der Waals surface area contributed by atoms with Gasteiger partial charge in [-0.3, -0.25) is 4.79 Å². The molecule has 1 fully saturated rings. The summed E-state index contributed by atoms with van der Waals surface area (Å²) in [5.41, 5.74) is 2.29. The van der Waals surface area contributed by atoms with Gasteiger partial charge in [-0.15, -0.1) is 0 Å². The number of amides is 1. The van der Waals surface area contributed by atoms with Crippen molar-refractivity contribution in [2.24, 2.45) is 0 Å². The lowest BCUT2D eigenvalue weighted by Crippen LogP contribution is -2.33. The zero-order valence-corrected chi connectivity index (χ0v) is 17.8. The van der Waals surface area contributed by atoms with Crippen LogP contribution in [0.1, 0.15) is 40.9 Å². The molecule has 2 aromatic carbocycles. The number of rotatable bonds is 6. The summed E-state index contributed by atoms with van der Waals surface area (Å²) in [5.74, 6) is -0.481. The van der Waals surface area contributed by atoms with Gasteiger partial charge >= 0.3 is 6.18 Å². The van der Waals surface area contributed by atoms with Crippen molar-refractivity contribution in [2.45, 2.75) is 44.7 Å². The molecule has 168 valence electrons. The maximum absolute atomic E-state index is 13.2. The Morgan fingerprint density at radius 3 is 2.44 bits per heavy atom. The Kier molecular flexibility index (Phi) is 5.56. The largest absolute Gasteiger partial charge is 0.416 e. The fraction of sp³-hybridized carbons (Fsp3) is 0.333. The van der Waals surface area contributed by atoms with Crippen molar-refractivity contribution in [2.75, 3.05) is 6.54 Å². The van der Waals surface area contributed by atoms with Gasteiger partial charge in [-0.05, 0) is 62.6 Å². The molecule has 1 amide bonds. The van der Waals surface area contributed by atoms with Crippen molar-refractivity contribution >= 4 is 5.91 Å². The smallest absolute Gasteiger partial charge is 0.355 e. The summed E-state index contributed by atoms with van der Waals surface area (Å²) >= 11 is 0. The highest BCUT2D eigenvalue weighted by Crippen LogP contribution is 2.47. The summed E-state index contributed by atoms with van der Waals surface area (Å²) < 4.78 is 53.8. The Bertz CT molecular complexity index is 1150. The zero-order valence-electron chi connectivity index (χ0n) is 17.8. The van der Waals surface area contributed by atoms with Crippen LogP contribution in [-0.2, 0) is 22.8 Å². The Balaban J connectivity index is 1.47. The average molecular weight is 445 g/mol. The van der Waals surface area contributed by atoms with E-state index in [1.807, 2.05) is 0 Å². The van der Waals surface area contributed by atoms with E-state index < -0.39 is 11.7 Å². The molecule has 0 saturated heterocycles. The lowest BCUT2D eigenvalue weighted by Gasteiger charge is -2.17. The van der Waals surface area contributed by atoms with Gasteiger partial charge in [0.05, 0.1) is 23.4 Å². The van der Waals surface area contributed by atoms with Crippen LogP contribution >= 0.6 is 0 Å². The Labute approximate surface area is 183 Å². The first-order chi connectivity index (χ1) is 15.1. The third-order valence-corrected chi connectivity index (χ3v) is 6.13. The second kappa shape index (κ2) is 8.07. The number of nitrogens with zero attached hydrogens (tertiary/aromatic N) is 2. The highest BCUT2D eigenvalue weighted by Gasteiger charge is 2.44. The van der Waals surface area contributed by atoms with Crippen LogP contribution in [0, 0.1) is 19.7 Å². The van der Waals surface area contributed by atoms with E-state index in [0.717, 1.165) is 30.5 Å².